The zero-order valence-corrected chi connectivity index (χ0v) is 8.77. The molecule has 3 atom stereocenters. The highest BCUT2D eigenvalue weighted by atomic mass is 16.5. The van der Waals surface area contributed by atoms with Crippen LogP contribution in [0.5, 0.6) is 0 Å². The van der Waals surface area contributed by atoms with E-state index in [1.54, 1.807) is 0 Å². The molecule has 0 N–H and O–H groups in total. The highest BCUT2D eigenvalue weighted by molar-refractivity contribution is 5.82. The summed E-state index contributed by atoms with van der Waals surface area (Å²) < 4.78 is 5.86. The van der Waals surface area contributed by atoms with E-state index in [4.69, 9.17) is 4.74 Å². The van der Waals surface area contributed by atoms with E-state index < -0.39 is 0 Å². The summed E-state index contributed by atoms with van der Waals surface area (Å²) in [6, 6.07) is 8.28. The molecule has 2 nitrogen and oxygen atoms in total. The number of benzene rings is 1. The molecule has 0 aliphatic carbocycles. The molecule has 0 aromatic heterocycles. The van der Waals surface area contributed by atoms with Crippen molar-refractivity contribution < 1.29 is 9.53 Å². The Hall–Kier alpha value is -1.15. The van der Waals surface area contributed by atoms with Crippen LogP contribution in [0, 0.1) is 5.92 Å². The number of Topliss-reactive ketones (excluding diaryl/α,β-unsaturated/α-hetero) is 1. The van der Waals surface area contributed by atoms with Gasteiger partial charge in [-0.3, -0.25) is 4.79 Å². The van der Waals surface area contributed by atoms with Gasteiger partial charge in [-0.25, -0.2) is 0 Å². The van der Waals surface area contributed by atoms with E-state index >= 15 is 0 Å². The summed E-state index contributed by atoms with van der Waals surface area (Å²) in [7, 11) is 0. The lowest BCUT2D eigenvalue weighted by Gasteiger charge is -2.19. The molecule has 0 unspecified atom stereocenters. The molecule has 0 spiro atoms. The lowest BCUT2D eigenvalue weighted by Crippen LogP contribution is -2.19. The second-order valence-electron chi connectivity index (χ2n) is 4.34. The highest BCUT2D eigenvalue weighted by Crippen LogP contribution is 2.54. The van der Waals surface area contributed by atoms with Crippen molar-refractivity contribution in [2.75, 3.05) is 0 Å². The lowest BCUT2D eigenvalue weighted by atomic mass is 9.81. The second kappa shape index (κ2) is 3.17. The first-order valence-corrected chi connectivity index (χ1v) is 5.58. The molecule has 3 rings (SSSR count). The fourth-order valence-electron chi connectivity index (χ4n) is 2.80. The molecular formula is C13H14O2. The van der Waals surface area contributed by atoms with Crippen LogP contribution in [0.25, 0.3) is 0 Å². The smallest absolute Gasteiger partial charge is 0.138 e. The van der Waals surface area contributed by atoms with Crippen LogP contribution in [0.4, 0.5) is 0 Å². The molecule has 0 saturated carbocycles. The highest BCUT2D eigenvalue weighted by Gasteiger charge is 2.47. The molecule has 2 aliphatic heterocycles. The van der Waals surface area contributed by atoms with Gasteiger partial charge in [-0.1, -0.05) is 31.2 Å². The summed E-state index contributed by atoms with van der Waals surface area (Å²) in [5.41, 5.74) is 2.53. The van der Waals surface area contributed by atoms with Gasteiger partial charge in [0.05, 0.1) is 18.1 Å². The van der Waals surface area contributed by atoms with Crippen molar-refractivity contribution in [3.8, 4) is 0 Å². The standard InChI is InChI=1S/C13H14O2/c1-2-11(14)10-7-12-8-5-3-4-6-9(8)13(10)15-12/h3-6,10,12-13H,2,7H2,1H3/t10-,12-,13-/m1/s1. The molecular weight excluding hydrogens is 188 g/mol. The Morgan fingerprint density at radius 1 is 1.40 bits per heavy atom. The zero-order valence-electron chi connectivity index (χ0n) is 8.77. The summed E-state index contributed by atoms with van der Waals surface area (Å²) >= 11 is 0. The average Bonchev–Trinajstić information content (AvgIpc) is 2.86. The molecule has 1 fully saturated rings. The maximum atomic E-state index is 11.7. The van der Waals surface area contributed by atoms with Gasteiger partial charge in [0.15, 0.2) is 0 Å². The number of hydrogen-bond acceptors (Lipinski definition) is 2. The van der Waals surface area contributed by atoms with E-state index in [0.29, 0.717) is 12.2 Å². The van der Waals surface area contributed by atoms with Crippen LogP contribution < -0.4 is 0 Å². The SMILES string of the molecule is CCC(=O)[C@H]1C[C@H]2O[C@@H]1c1ccccc12. The predicted octanol–water partition coefficient (Wildman–Crippen LogP) is 2.80. The predicted molar refractivity (Wildman–Crippen MR) is 56.4 cm³/mol. The number of carbonyl (C=O) groups excluding carboxylic acids is 1. The molecule has 2 heterocycles. The maximum Gasteiger partial charge on any atom is 0.138 e. The van der Waals surface area contributed by atoms with Crippen molar-refractivity contribution in [3.05, 3.63) is 35.4 Å². The Balaban J connectivity index is 1.98. The van der Waals surface area contributed by atoms with Gasteiger partial charge >= 0.3 is 0 Å². The van der Waals surface area contributed by atoms with Gasteiger partial charge in [0.25, 0.3) is 0 Å². The quantitative estimate of drug-likeness (QED) is 0.737. The molecule has 1 aromatic rings. The van der Waals surface area contributed by atoms with Gasteiger partial charge in [-0.15, -0.1) is 0 Å². The molecule has 15 heavy (non-hydrogen) atoms. The second-order valence-corrected chi connectivity index (χ2v) is 4.34. The van der Waals surface area contributed by atoms with Gasteiger partial charge in [0.2, 0.25) is 0 Å². The van der Waals surface area contributed by atoms with E-state index in [0.717, 1.165) is 6.42 Å². The molecule has 2 heteroatoms. The number of ketones is 1. The van der Waals surface area contributed by atoms with Crippen LogP contribution in [0.3, 0.4) is 0 Å². The lowest BCUT2D eigenvalue weighted by molar-refractivity contribution is -0.124. The number of rotatable bonds is 2. The summed E-state index contributed by atoms with van der Waals surface area (Å²) in [6.45, 7) is 1.93. The maximum absolute atomic E-state index is 11.7. The van der Waals surface area contributed by atoms with Crippen molar-refractivity contribution in [2.45, 2.75) is 32.0 Å². The molecule has 1 saturated heterocycles. The Bertz CT molecular complexity index is 411. The van der Waals surface area contributed by atoms with Crippen molar-refractivity contribution in [1.82, 2.24) is 0 Å². The first-order valence-electron chi connectivity index (χ1n) is 5.58. The van der Waals surface area contributed by atoms with Crippen LogP contribution in [0.2, 0.25) is 0 Å². The third-order valence-electron chi connectivity index (χ3n) is 3.56. The fourth-order valence-corrected chi connectivity index (χ4v) is 2.80. The minimum Gasteiger partial charge on any atom is -0.365 e. The van der Waals surface area contributed by atoms with Gasteiger partial charge in [0.1, 0.15) is 5.78 Å². The molecule has 2 bridgehead atoms. The number of carbonyl (C=O) groups is 1. The third-order valence-corrected chi connectivity index (χ3v) is 3.56. The van der Waals surface area contributed by atoms with E-state index in [2.05, 4.69) is 12.1 Å². The van der Waals surface area contributed by atoms with E-state index in [9.17, 15) is 4.79 Å². The zero-order chi connectivity index (χ0) is 10.4. The van der Waals surface area contributed by atoms with E-state index in [1.807, 2.05) is 19.1 Å². The van der Waals surface area contributed by atoms with Crippen LogP contribution in [0.15, 0.2) is 24.3 Å². The summed E-state index contributed by atoms with van der Waals surface area (Å²) in [5.74, 6) is 0.451. The van der Waals surface area contributed by atoms with Crippen molar-refractivity contribution in [3.63, 3.8) is 0 Å². The Labute approximate surface area is 89.2 Å². The van der Waals surface area contributed by atoms with E-state index in [-0.39, 0.29) is 18.1 Å². The van der Waals surface area contributed by atoms with Gasteiger partial charge in [-0.2, -0.15) is 0 Å². The summed E-state index contributed by atoms with van der Waals surface area (Å²) in [5, 5.41) is 0. The topological polar surface area (TPSA) is 26.3 Å². The van der Waals surface area contributed by atoms with Crippen LogP contribution in [-0.4, -0.2) is 5.78 Å². The van der Waals surface area contributed by atoms with Crippen molar-refractivity contribution in [2.24, 2.45) is 5.92 Å². The number of hydrogen-bond donors (Lipinski definition) is 0. The normalized spacial score (nSPS) is 31.7. The first kappa shape index (κ1) is 9.10. The molecule has 2 aliphatic rings. The van der Waals surface area contributed by atoms with Crippen molar-refractivity contribution in [1.29, 1.82) is 0 Å². The Morgan fingerprint density at radius 3 is 2.87 bits per heavy atom. The van der Waals surface area contributed by atoms with Crippen LogP contribution in [-0.2, 0) is 9.53 Å². The minimum atomic E-state index is 0.0404. The Kier molecular flexibility index (Phi) is 1.93. The largest absolute Gasteiger partial charge is 0.365 e. The van der Waals surface area contributed by atoms with Gasteiger partial charge in [-0.05, 0) is 17.5 Å². The average molecular weight is 202 g/mol. The van der Waals surface area contributed by atoms with Gasteiger partial charge < -0.3 is 4.74 Å². The third kappa shape index (κ3) is 1.18. The Morgan fingerprint density at radius 2 is 2.13 bits per heavy atom. The van der Waals surface area contributed by atoms with Crippen LogP contribution in [0.1, 0.15) is 43.1 Å². The molecule has 0 radical (unpaired) electrons. The summed E-state index contributed by atoms with van der Waals surface area (Å²) in [6.07, 6.45) is 1.72. The van der Waals surface area contributed by atoms with E-state index in [1.165, 1.54) is 11.1 Å². The molecule has 0 amide bonds. The van der Waals surface area contributed by atoms with Gasteiger partial charge in [0, 0.05) is 6.42 Å². The first-order chi connectivity index (χ1) is 7.31. The van der Waals surface area contributed by atoms with Crippen LogP contribution >= 0.6 is 0 Å². The summed E-state index contributed by atoms with van der Waals surface area (Å²) in [4.78, 5) is 11.7. The number of ether oxygens (including phenoxy) is 1. The fraction of sp³-hybridized carbons (Fsp3) is 0.462. The molecule has 78 valence electrons. The van der Waals surface area contributed by atoms with Crippen molar-refractivity contribution >= 4 is 5.78 Å². The minimum absolute atomic E-state index is 0.0404. The monoisotopic (exact) mass is 202 g/mol. The number of fused-ring (bicyclic) bond motifs is 5. The molecule has 1 aromatic carbocycles.